The molecular weight excluding hydrogens is 458 g/mol. The highest BCUT2D eigenvalue weighted by Gasteiger charge is 2.25. The Hall–Kier alpha value is -3.76. The molecule has 6 nitrogen and oxygen atoms in total. The van der Waals surface area contributed by atoms with Gasteiger partial charge in [-0.3, -0.25) is 4.79 Å². The van der Waals surface area contributed by atoms with Crippen LogP contribution in [0.2, 0.25) is 0 Å². The van der Waals surface area contributed by atoms with Crippen LogP contribution in [0.4, 0.5) is 10.5 Å². The summed E-state index contributed by atoms with van der Waals surface area (Å²) in [5.41, 5.74) is 2.33. The van der Waals surface area contributed by atoms with Crippen molar-refractivity contribution in [1.82, 2.24) is 5.32 Å². The zero-order chi connectivity index (χ0) is 25.3. The SMILES string of the molecule is CC(C)(C)OC(=O)NC(Cc1ccccc1)C(=O)Nc1ccc(SCc2ccccc2)c(C#N)c1. The first-order valence-electron chi connectivity index (χ1n) is 11.3. The molecule has 0 aromatic heterocycles. The molecule has 180 valence electrons. The molecule has 2 N–H and O–H groups in total. The van der Waals surface area contributed by atoms with Crippen molar-refractivity contribution in [3.8, 4) is 6.07 Å². The van der Waals surface area contributed by atoms with Gasteiger partial charge in [0.2, 0.25) is 5.91 Å². The minimum Gasteiger partial charge on any atom is -0.444 e. The summed E-state index contributed by atoms with van der Waals surface area (Å²) in [6.07, 6.45) is -0.374. The normalized spacial score (nSPS) is 11.7. The molecule has 0 saturated carbocycles. The van der Waals surface area contributed by atoms with Gasteiger partial charge in [-0.2, -0.15) is 5.26 Å². The molecule has 35 heavy (non-hydrogen) atoms. The maximum Gasteiger partial charge on any atom is 0.408 e. The van der Waals surface area contributed by atoms with Gasteiger partial charge in [0.25, 0.3) is 0 Å². The van der Waals surface area contributed by atoms with Crippen molar-refractivity contribution in [2.75, 3.05) is 5.32 Å². The van der Waals surface area contributed by atoms with E-state index in [1.807, 2.05) is 66.7 Å². The Morgan fingerprint density at radius 1 is 0.971 bits per heavy atom. The van der Waals surface area contributed by atoms with Gasteiger partial charge in [-0.05, 0) is 50.1 Å². The van der Waals surface area contributed by atoms with Crippen molar-refractivity contribution in [3.63, 3.8) is 0 Å². The Morgan fingerprint density at radius 3 is 2.20 bits per heavy atom. The summed E-state index contributed by atoms with van der Waals surface area (Å²) < 4.78 is 5.35. The fraction of sp³-hybridized carbons (Fsp3) is 0.250. The van der Waals surface area contributed by atoms with E-state index in [1.54, 1.807) is 44.7 Å². The standard InChI is InChI=1S/C28H29N3O3S/c1-28(2,3)34-27(33)31-24(16-20-10-6-4-7-11-20)26(32)30-23-14-15-25(22(17-23)18-29)35-19-21-12-8-5-9-13-21/h4-15,17,24H,16,19H2,1-3H3,(H,30,32)(H,31,33). The maximum absolute atomic E-state index is 13.1. The minimum atomic E-state index is -0.857. The van der Waals surface area contributed by atoms with E-state index >= 15 is 0 Å². The molecule has 0 bridgehead atoms. The monoisotopic (exact) mass is 487 g/mol. The quantitative estimate of drug-likeness (QED) is 0.385. The molecule has 1 unspecified atom stereocenters. The van der Waals surface area contributed by atoms with E-state index in [0.717, 1.165) is 21.8 Å². The molecule has 1 atom stereocenters. The summed E-state index contributed by atoms with van der Waals surface area (Å²) in [6.45, 7) is 5.29. The van der Waals surface area contributed by atoms with Crippen molar-refractivity contribution < 1.29 is 14.3 Å². The van der Waals surface area contributed by atoms with Crippen LogP contribution in [0.1, 0.15) is 37.5 Å². The first-order valence-corrected chi connectivity index (χ1v) is 12.3. The van der Waals surface area contributed by atoms with E-state index in [1.165, 1.54) is 0 Å². The Labute approximate surface area is 210 Å². The Bertz CT molecular complexity index is 1190. The molecule has 0 spiro atoms. The predicted octanol–water partition coefficient (Wildman–Crippen LogP) is 5.93. The van der Waals surface area contributed by atoms with Gasteiger partial charge in [0.1, 0.15) is 17.7 Å². The molecule has 0 heterocycles. The Balaban J connectivity index is 1.72. The minimum absolute atomic E-state index is 0.294. The zero-order valence-electron chi connectivity index (χ0n) is 20.1. The predicted molar refractivity (Wildman–Crippen MR) is 139 cm³/mol. The number of nitriles is 1. The summed E-state index contributed by atoms with van der Waals surface area (Å²) >= 11 is 1.57. The fourth-order valence-electron chi connectivity index (χ4n) is 3.29. The summed E-state index contributed by atoms with van der Waals surface area (Å²) in [4.78, 5) is 26.4. The lowest BCUT2D eigenvalue weighted by Crippen LogP contribution is -2.47. The molecule has 7 heteroatoms. The van der Waals surface area contributed by atoms with Crippen molar-refractivity contribution in [3.05, 3.63) is 95.6 Å². The highest BCUT2D eigenvalue weighted by Crippen LogP contribution is 2.28. The summed E-state index contributed by atoms with van der Waals surface area (Å²) in [5, 5.41) is 15.2. The van der Waals surface area contributed by atoms with Gasteiger partial charge < -0.3 is 15.4 Å². The molecule has 0 saturated heterocycles. The lowest BCUT2D eigenvalue weighted by molar-refractivity contribution is -0.118. The molecule has 3 aromatic rings. The number of hydrogen-bond acceptors (Lipinski definition) is 5. The van der Waals surface area contributed by atoms with E-state index in [-0.39, 0.29) is 0 Å². The third-order valence-electron chi connectivity index (χ3n) is 4.89. The van der Waals surface area contributed by atoms with Gasteiger partial charge in [-0.15, -0.1) is 11.8 Å². The maximum atomic E-state index is 13.1. The number of nitrogens with one attached hydrogen (secondary N) is 2. The van der Waals surface area contributed by atoms with Crippen molar-refractivity contribution in [2.24, 2.45) is 0 Å². The molecule has 3 aromatic carbocycles. The number of hydrogen-bond donors (Lipinski definition) is 2. The smallest absolute Gasteiger partial charge is 0.408 e. The number of anilines is 1. The number of carbonyl (C=O) groups excluding carboxylic acids is 2. The largest absolute Gasteiger partial charge is 0.444 e. The zero-order valence-corrected chi connectivity index (χ0v) is 20.9. The number of rotatable bonds is 8. The summed E-state index contributed by atoms with van der Waals surface area (Å²) in [6, 6.07) is 26.0. The second kappa shape index (κ2) is 12.1. The van der Waals surface area contributed by atoms with Crippen LogP contribution in [-0.2, 0) is 21.7 Å². The van der Waals surface area contributed by atoms with Crippen LogP contribution >= 0.6 is 11.8 Å². The fourth-order valence-corrected chi connectivity index (χ4v) is 4.23. The van der Waals surface area contributed by atoms with Crippen LogP contribution in [0.3, 0.4) is 0 Å². The van der Waals surface area contributed by atoms with Gasteiger partial charge in [0, 0.05) is 22.8 Å². The van der Waals surface area contributed by atoms with E-state index in [0.29, 0.717) is 17.7 Å². The van der Waals surface area contributed by atoms with Gasteiger partial charge in [0.15, 0.2) is 0 Å². The van der Waals surface area contributed by atoms with Crippen LogP contribution in [-0.4, -0.2) is 23.6 Å². The van der Waals surface area contributed by atoms with Crippen LogP contribution in [0.25, 0.3) is 0 Å². The average molecular weight is 488 g/mol. The van der Waals surface area contributed by atoms with E-state index in [4.69, 9.17) is 4.74 Å². The lowest BCUT2D eigenvalue weighted by atomic mass is 10.1. The molecule has 0 radical (unpaired) electrons. The van der Waals surface area contributed by atoms with E-state index in [2.05, 4.69) is 16.7 Å². The number of ether oxygens (including phenoxy) is 1. The van der Waals surface area contributed by atoms with Gasteiger partial charge >= 0.3 is 6.09 Å². The average Bonchev–Trinajstić information content (AvgIpc) is 2.83. The van der Waals surface area contributed by atoms with Gasteiger partial charge in [-0.1, -0.05) is 60.7 Å². The van der Waals surface area contributed by atoms with Gasteiger partial charge in [-0.25, -0.2) is 4.79 Å². The second-order valence-corrected chi connectivity index (χ2v) is 9.99. The highest BCUT2D eigenvalue weighted by atomic mass is 32.2. The number of thioether (sulfide) groups is 1. The molecule has 0 aliphatic heterocycles. The van der Waals surface area contributed by atoms with Crippen LogP contribution in [0.5, 0.6) is 0 Å². The van der Waals surface area contributed by atoms with Gasteiger partial charge in [0.05, 0.1) is 5.56 Å². The molecule has 2 amide bonds. The van der Waals surface area contributed by atoms with Crippen LogP contribution < -0.4 is 10.6 Å². The summed E-state index contributed by atoms with van der Waals surface area (Å²) in [5.74, 6) is 0.341. The molecule has 0 fully saturated rings. The molecule has 0 aliphatic carbocycles. The number of carbonyl (C=O) groups is 2. The topological polar surface area (TPSA) is 91.2 Å². The first kappa shape index (κ1) is 25.9. The van der Waals surface area contributed by atoms with Crippen molar-refractivity contribution in [2.45, 2.75) is 49.5 Å². The van der Waals surface area contributed by atoms with E-state index < -0.39 is 23.6 Å². The highest BCUT2D eigenvalue weighted by molar-refractivity contribution is 7.98. The van der Waals surface area contributed by atoms with Crippen molar-refractivity contribution >= 4 is 29.4 Å². The Kier molecular flexibility index (Phi) is 8.93. The van der Waals surface area contributed by atoms with Crippen LogP contribution in [0, 0.1) is 11.3 Å². The van der Waals surface area contributed by atoms with Crippen LogP contribution in [0.15, 0.2) is 83.8 Å². The number of benzene rings is 3. The molecule has 3 rings (SSSR count). The third-order valence-corrected chi connectivity index (χ3v) is 6.04. The Morgan fingerprint density at radius 2 is 1.60 bits per heavy atom. The third kappa shape index (κ3) is 8.51. The first-order chi connectivity index (χ1) is 16.7. The van der Waals surface area contributed by atoms with E-state index in [9.17, 15) is 14.9 Å². The number of amides is 2. The lowest BCUT2D eigenvalue weighted by Gasteiger charge is -2.23. The molecule has 0 aliphatic rings. The summed E-state index contributed by atoms with van der Waals surface area (Å²) in [7, 11) is 0. The number of alkyl carbamates (subject to hydrolysis) is 1. The number of nitrogens with zero attached hydrogens (tertiary/aromatic N) is 1. The molecular formula is C28H29N3O3S. The second-order valence-electron chi connectivity index (χ2n) is 8.97. The van der Waals surface area contributed by atoms with Crippen molar-refractivity contribution in [1.29, 1.82) is 5.26 Å².